The van der Waals surface area contributed by atoms with Gasteiger partial charge in [-0.05, 0) is 43.9 Å². The van der Waals surface area contributed by atoms with Crippen LogP contribution in [0.25, 0.3) is 0 Å². The minimum atomic E-state index is -0.233. The zero-order chi connectivity index (χ0) is 12.4. The Labute approximate surface area is 112 Å². The van der Waals surface area contributed by atoms with E-state index in [4.69, 9.17) is 23.2 Å². The molecule has 3 unspecified atom stereocenters. The van der Waals surface area contributed by atoms with E-state index >= 15 is 0 Å². The number of halogens is 2. The molecule has 94 valence electrons. The van der Waals surface area contributed by atoms with Gasteiger partial charge in [0.2, 0.25) is 0 Å². The van der Waals surface area contributed by atoms with Crippen LogP contribution in [0.3, 0.4) is 0 Å². The Morgan fingerprint density at radius 3 is 2.71 bits per heavy atom. The first-order valence-corrected chi connectivity index (χ1v) is 6.72. The molecule has 0 saturated heterocycles. The lowest BCUT2D eigenvalue weighted by molar-refractivity contribution is 0.144. The highest BCUT2D eigenvalue weighted by atomic mass is 35.5. The first kappa shape index (κ1) is 13.2. The molecule has 0 aromatic heterocycles. The Hall–Kier alpha value is -0.280. The summed E-state index contributed by atoms with van der Waals surface area (Å²) in [6, 6.07) is 5.83. The molecule has 0 bridgehead atoms. The summed E-state index contributed by atoms with van der Waals surface area (Å²) >= 11 is 12.0. The lowest BCUT2D eigenvalue weighted by Crippen LogP contribution is -2.37. The fourth-order valence-corrected chi connectivity index (χ4v) is 2.97. The maximum Gasteiger partial charge on any atom is 0.0693 e. The standard InChI is InChI=1S/C13H17Cl2NO/c1-8(16-12-3-2-4-13(12)17)10-6-5-9(14)7-11(10)15/h5-8,12-13,16-17H,2-4H2,1H3. The smallest absolute Gasteiger partial charge is 0.0693 e. The van der Waals surface area contributed by atoms with Gasteiger partial charge in [-0.1, -0.05) is 29.3 Å². The van der Waals surface area contributed by atoms with E-state index in [0.717, 1.165) is 24.8 Å². The van der Waals surface area contributed by atoms with Crippen molar-refractivity contribution in [1.29, 1.82) is 0 Å². The van der Waals surface area contributed by atoms with Gasteiger partial charge in [0.05, 0.1) is 6.10 Å². The Morgan fingerprint density at radius 1 is 1.35 bits per heavy atom. The number of benzene rings is 1. The van der Waals surface area contributed by atoms with Crippen molar-refractivity contribution in [3.05, 3.63) is 33.8 Å². The van der Waals surface area contributed by atoms with Gasteiger partial charge in [-0.15, -0.1) is 0 Å². The zero-order valence-corrected chi connectivity index (χ0v) is 11.3. The minimum Gasteiger partial charge on any atom is -0.392 e. The molecule has 1 aliphatic carbocycles. The van der Waals surface area contributed by atoms with Crippen molar-refractivity contribution in [3.8, 4) is 0 Å². The molecular formula is C13H17Cl2NO. The summed E-state index contributed by atoms with van der Waals surface area (Å²) in [5, 5.41) is 14.5. The van der Waals surface area contributed by atoms with Crippen LogP contribution in [0.15, 0.2) is 18.2 Å². The molecule has 0 aliphatic heterocycles. The zero-order valence-electron chi connectivity index (χ0n) is 9.79. The van der Waals surface area contributed by atoms with Gasteiger partial charge in [-0.25, -0.2) is 0 Å². The van der Waals surface area contributed by atoms with Gasteiger partial charge in [0.1, 0.15) is 0 Å². The molecular weight excluding hydrogens is 257 g/mol. The second-order valence-electron chi connectivity index (χ2n) is 4.66. The van der Waals surface area contributed by atoms with E-state index in [9.17, 15) is 5.11 Å². The largest absolute Gasteiger partial charge is 0.392 e. The summed E-state index contributed by atoms with van der Waals surface area (Å²) in [4.78, 5) is 0. The fraction of sp³-hybridized carbons (Fsp3) is 0.538. The second kappa shape index (κ2) is 5.57. The topological polar surface area (TPSA) is 32.3 Å². The molecule has 2 rings (SSSR count). The summed E-state index contributed by atoms with van der Waals surface area (Å²) in [5.74, 6) is 0. The summed E-state index contributed by atoms with van der Waals surface area (Å²) in [6.45, 7) is 2.06. The average molecular weight is 274 g/mol. The summed E-state index contributed by atoms with van der Waals surface area (Å²) in [7, 11) is 0. The van der Waals surface area contributed by atoms with Crippen LogP contribution in [0.1, 0.15) is 37.8 Å². The van der Waals surface area contributed by atoms with Gasteiger partial charge in [0, 0.05) is 22.1 Å². The third-order valence-corrected chi connectivity index (χ3v) is 3.93. The van der Waals surface area contributed by atoms with Crippen molar-refractivity contribution in [3.63, 3.8) is 0 Å². The summed E-state index contributed by atoms with van der Waals surface area (Å²) < 4.78 is 0. The first-order chi connectivity index (χ1) is 8.08. The minimum absolute atomic E-state index is 0.123. The molecule has 0 spiro atoms. The highest BCUT2D eigenvalue weighted by Gasteiger charge is 2.26. The van der Waals surface area contributed by atoms with Gasteiger partial charge in [-0.2, -0.15) is 0 Å². The van der Waals surface area contributed by atoms with Gasteiger partial charge in [0.15, 0.2) is 0 Å². The van der Waals surface area contributed by atoms with E-state index in [1.54, 1.807) is 6.07 Å². The molecule has 3 atom stereocenters. The number of aliphatic hydroxyl groups is 1. The van der Waals surface area contributed by atoms with Crippen molar-refractivity contribution in [1.82, 2.24) is 5.32 Å². The molecule has 1 fully saturated rings. The molecule has 0 radical (unpaired) electrons. The van der Waals surface area contributed by atoms with E-state index in [-0.39, 0.29) is 18.2 Å². The lowest BCUT2D eigenvalue weighted by atomic mass is 10.1. The Kier molecular flexibility index (Phi) is 4.31. The maximum atomic E-state index is 9.78. The van der Waals surface area contributed by atoms with E-state index in [1.807, 2.05) is 12.1 Å². The SMILES string of the molecule is CC(NC1CCCC1O)c1ccc(Cl)cc1Cl. The maximum absolute atomic E-state index is 9.78. The monoisotopic (exact) mass is 273 g/mol. The molecule has 0 amide bonds. The quantitative estimate of drug-likeness (QED) is 0.883. The van der Waals surface area contributed by atoms with E-state index in [1.165, 1.54) is 0 Å². The molecule has 1 aliphatic rings. The molecule has 2 N–H and O–H groups in total. The first-order valence-electron chi connectivity index (χ1n) is 5.97. The van der Waals surface area contributed by atoms with E-state index in [0.29, 0.717) is 10.0 Å². The van der Waals surface area contributed by atoms with Crippen LogP contribution in [0.2, 0.25) is 10.0 Å². The van der Waals surface area contributed by atoms with Gasteiger partial charge < -0.3 is 10.4 Å². The molecule has 0 heterocycles. The van der Waals surface area contributed by atoms with E-state index in [2.05, 4.69) is 12.2 Å². The summed E-state index contributed by atoms with van der Waals surface area (Å²) in [5.41, 5.74) is 1.02. The van der Waals surface area contributed by atoms with Crippen molar-refractivity contribution >= 4 is 23.2 Å². The van der Waals surface area contributed by atoms with Crippen molar-refractivity contribution in [2.24, 2.45) is 0 Å². The third kappa shape index (κ3) is 3.14. The molecule has 1 saturated carbocycles. The summed E-state index contributed by atoms with van der Waals surface area (Å²) in [6.07, 6.45) is 2.76. The van der Waals surface area contributed by atoms with Crippen LogP contribution in [-0.2, 0) is 0 Å². The molecule has 1 aromatic carbocycles. The van der Waals surface area contributed by atoms with Crippen LogP contribution in [-0.4, -0.2) is 17.3 Å². The van der Waals surface area contributed by atoms with Crippen LogP contribution >= 0.6 is 23.2 Å². The number of nitrogens with one attached hydrogen (secondary N) is 1. The molecule has 4 heteroatoms. The highest BCUT2D eigenvalue weighted by molar-refractivity contribution is 6.35. The number of rotatable bonds is 3. The molecule has 17 heavy (non-hydrogen) atoms. The van der Waals surface area contributed by atoms with Crippen LogP contribution in [0.4, 0.5) is 0 Å². The van der Waals surface area contributed by atoms with Crippen LogP contribution in [0, 0.1) is 0 Å². The predicted octanol–water partition coefficient (Wildman–Crippen LogP) is 3.56. The Morgan fingerprint density at radius 2 is 2.12 bits per heavy atom. The van der Waals surface area contributed by atoms with Crippen molar-refractivity contribution < 1.29 is 5.11 Å². The van der Waals surface area contributed by atoms with E-state index < -0.39 is 0 Å². The predicted molar refractivity (Wildman–Crippen MR) is 71.7 cm³/mol. The van der Waals surface area contributed by atoms with Gasteiger partial charge in [0.25, 0.3) is 0 Å². The fourth-order valence-electron chi connectivity index (χ4n) is 2.40. The second-order valence-corrected chi connectivity index (χ2v) is 5.50. The normalized spacial score (nSPS) is 26.1. The highest BCUT2D eigenvalue weighted by Crippen LogP contribution is 2.28. The number of aliphatic hydroxyl groups excluding tert-OH is 1. The van der Waals surface area contributed by atoms with Crippen LogP contribution in [0.5, 0.6) is 0 Å². The van der Waals surface area contributed by atoms with Crippen molar-refractivity contribution in [2.45, 2.75) is 44.4 Å². The Balaban J connectivity index is 2.06. The molecule has 1 aromatic rings. The number of hydrogen-bond acceptors (Lipinski definition) is 2. The molecule has 2 nitrogen and oxygen atoms in total. The lowest BCUT2D eigenvalue weighted by Gasteiger charge is -2.23. The van der Waals surface area contributed by atoms with Gasteiger partial charge in [-0.3, -0.25) is 0 Å². The Bertz CT molecular complexity index is 397. The average Bonchev–Trinajstić information content (AvgIpc) is 2.64. The van der Waals surface area contributed by atoms with Gasteiger partial charge >= 0.3 is 0 Å². The third-order valence-electron chi connectivity index (χ3n) is 3.37. The van der Waals surface area contributed by atoms with Crippen LogP contribution < -0.4 is 5.32 Å². The van der Waals surface area contributed by atoms with Crippen molar-refractivity contribution in [2.75, 3.05) is 0 Å². The number of hydrogen-bond donors (Lipinski definition) is 2.